The van der Waals surface area contributed by atoms with Gasteiger partial charge >= 0.3 is 0 Å². The molecule has 3 rings (SSSR count). The second kappa shape index (κ2) is 5.42. The van der Waals surface area contributed by atoms with Gasteiger partial charge in [-0.25, -0.2) is 9.97 Å². The van der Waals surface area contributed by atoms with Gasteiger partial charge in [-0.1, -0.05) is 11.8 Å². The molecule has 4 nitrogen and oxygen atoms in total. The third-order valence-corrected chi connectivity index (χ3v) is 4.78. The highest BCUT2D eigenvalue weighted by molar-refractivity contribution is 8.14. The van der Waals surface area contributed by atoms with Gasteiger partial charge in [-0.3, -0.25) is 4.99 Å². The van der Waals surface area contributed by atoms with Crippen LogP contribution < -0.4 is 5.32 Å². The van der Waals surface area contributed by atoms with E-state index in [1.54, 1.807) is 29.4 Å². The number of thiophene rings is 1. The summed E-state index contributed by atoms with van der Waals surface area (Å²) in [4.78, 5) is 15.4. The molecule has 7 heteroatoms. The number of nitrogens with zero attached hydrogens (tertiary/aromatic N) is 3. The minimum absolute atomic E-state index is 0. The quantitative estimate of drug-likeness (QED) is 0.878. The Morgan fingerprint density at radius 3 is 2.83 bits per heavy atom. The Bertz CT molecular complexity index is 608. The van der Waals surface area contributed by atoms with E-state index in [0.29, 0.717) is 0 Å². The van der Waals surface area contributed by atoms with Gasteiger partial charge in [-0.05, 0) is 19.4 Å². The summed E-state index contributed by atoms with van der Waals surface area (Å²) in [7, 11) is 0. The molecule has 18 heavy (non-hydrogen) atoms. The molecule has 0 fully saturated rings. The molecule has 0 spiro atoms. The molecule has 1 aliphatic heterocycles. The van der Waals surface area contributed by atoms with Crippen molar-refractivity contribution in [2.24, 2.45) is 4.99 Å². The van der Waals surface area contributed by atoms with Gasteiger partial charge in [0.15, 0.2) is 5.17 Å². The number of anilines is 1. The van der Waals surface area contributed by atoms with Crippen molar-refractivity contribution >= 4 is 56.7 Å². The molecule has 0 radical (unpaired) electrons. The predicted octanol–water partition coefficient (Wildman–Crippen LogP) is 3.24. The summed E-state index contributed by atoms with van der Waals surface area (Å²) in [5.74, 6) is 1.93. The first-order valence-electron chi connectivity index (χ1n) is 5.40. The van der Waals surface area contributed by atoms with Crippen LogP contribution in [0.5, 0.6) is 0 Å². The van der Waals surface area contributed by atoms with Crippen LogP contribution in [0.4, 0.5) is 5.82 Å². The number of aliphatic imine (C=N–C) groups is 1. The first-order valence-corrected chi connectivity index (χ1v) is 7.21. The summed E-state index contributed by atoms with van der Waals surface area (Å²) in [6.45, 7) is 5.13. The van der Waals surface area contributed by atoms with E-state index in [0.717, 1.165) is 33.5 Å². The maximum absolute atomic E-state index is 4.39. The average Bonchev–Trinajstić information content (AvgIpc) is 2.90. The van der Waals surface area contributed by atoms with Crippen molar-refractivity contribution in [2.45, 2.75) is 13.8 Å². The van der Waals surface area contributed by atoms with Crippen molar-refractivity contribution in [1.29, 1.82) is 0 Å². The summed E-state index contributed by atoms with van der Waals surface area (Å²) in [5, 5.41) is 5.40. The highest BCUT2D eigenvalue weighted by Gasteiger charge is 2.14. The number of thioether (sulfide) groups is 1. The lowest BCUT2D eigenvalue weighted by Crippen LogP contribution is -2.07. The Hall–Kier alpha value is -0.850. The van der Waals surface area contributed by atoms with Crippen LogP contribution in [-0.2, 0) is 0 Å². The lowest BCUT2D eigenvalue weighted by Gasteiger charge is -2.05. The Balaban J connectivity index is 0.00000120. The summed E-state index contributed by atoms with van der Waals surface area (Å²) in [6.07, 6.45) is 1.61. The normalized spacial score (nSPS) is 14.4. The summed E-state index contributed by atoms with van der Waals surface area (Å²) in [6, 6.07) is 0. The zero-order valence-corrected chi connectivity index (χ0v) is 12.5. The summed E-state index contributed by atoms with van der Waals surface area (Å²) < 4.78 is 0. The van der Waals surface area contributed by atoms with E-state index < -0.39 is 0 Å². The second-order valence-electron chi connectivity index (χ2n) is 3.85. The minimum Gasteiger partial charge on any atom is -0.319 e. The maximum Gasteiger partial charge on any atom is 0.162 e. The van der Waals surface area contributed by atoms with Crippen molar-refractivity contribution in [2.75, 3.05) is 17.6 Å². The highest BCUT2D eigenvalue weighted by Crippen LogP contribution is 2.33. The predicted molar refractivity (Wildman–Crippen MR) is 82.5 cm³/mol. The molecule has 2 aromatic heterocycles. The first-order chi connectivity index (χ1) is 8.25. The van der Waals surface area contributed by atoms with Crippen LogP contribution in [0.1, 0.15) is 10.4 Å². The molecular weight excluding hydrogens is 288 g/mol. The van der Waals surface area contributed by atoms with Crippen molar-refractivity contribution in [1.82, 2.24) is 9.97 Å². The molecule has 0 unspecified atom stereocenters. The monoisotopic (exact) mass is 300 g/mol. The third kappa shape index (κ3) is 2.32. The first kappa shape index (κ1) is 13.6. The smallest absolute Gasteiger partial charge is 0.162 e. The molecule has 96 valence electrons. The number of rotatable bonds is 1. The van der Waals surface area contributed by atoms with Crippen LogP contribution in [0.15, 0.2) is 11.3 Å². The fourth-order valence-corrected chi connectivity index (χ4v) is 3.51. The van der Waals surface area contributed by atoms with Crippen LogP contribution in [0.2, 0.25) is 0 Å². The van der Waals surface area contributed by atoms with E-state index in [1.165, 1.54) is 10.4 Å². The van der Waals surface area contributed by atoms with Gasteiger partial charge in [-0.15, -0.1) is 23.7 Å². The molecule has 0 bridgehead atoms. The molecule has 0 saturated carbocycles. The van der Waals surface area contributed by atoms with E-state index in [-0.39, 0.29) is 12.4 Å². The molecule has 0 aromatic carbocycles. The van der Waals surface area contributed by atoms with E-state index in [1.807, 2.05) is 0 Å². The Labute approximate surface area is 120 Å². The average molecular weight is 301 g/mol. The third-order valence-electron chi connectivity index (χ3n) is 2.78. The highest BCUT2D eigenvalue weighted by atomic mass is 35.5. The Morgan fingerprint density at radius 1 is 1.28 bits per heavy atom. The molecule has 0 saturated heterocycles. The Morgan fingerprint density at radius 2 is 2.11 bits per heavy atom. The van der Waals surface area contributed by atoms with Crippen molar-refractivity contribution < 1.29 is 0 Å². The van der Waals surface area contributed by atoms with Crippen LogP contribution in [-0.4, -0.2) is 27.4 Å². The molecule has 0 amide bonds. The van der Waals surface area contributed by atoms with Gasteiger partial charge < -0.3 is 5.32 Å². The topological polar surface area (TPSA) is 50.2 Å². The van der Waals surface area contributed by atoms with E-state index in [9.17, 15) is 0 Å². The van der Waals surface area contributed by atoms with Crippen LogP contribution >= 0.6 is 35.5 Å². The number of hydrogen-bond acceptors (Lipinski definition) is 6. The molecule has 2 aromatic rings. The van der Waals surface area contributed by atoms with Gasteiger partial charge in [0.25, 0.3) is 0 Å². The lowest BCUT2D eigenvalue weighted by molar-refractivity contribution is 1.17. The molecule has 0 aliphatic carbocycles. The minimum atomic E-state index is 0. The zero-order valence-electron chi connectivity index (χ0n) is 10.1. The van der Waals surface area contributed by atoms with Crippen molar-refractivity contribution in [3.63, 3.8) is 0 Å². The molecule has 3 heterocycles. The molecule has 1 N–H and O–H groups in total. The summed E-state index contributed by atoms with van der Waals surface area (Å²) in [5.41, 5.74) is 1.26. The number of aromatic nitrogens is 2. The fourth-order valence-electron chi connectivity index (χ4n) is 1.79. The van der Waals surface area contributed by atoms with Gasteiger partial charge in [0.1, 0.15) is 17.0 Å². The molecule has 1 aliphatic rings. The number of nitrogens with one attached hydrogen (secondary N) is 1. The number of fused-ring (bicyclic) bond motifs is 1. The van der Waals surface area contributed by atoms with Crippen LogP contribution in [0, 0.1) is 13.8 Å². The standard InChI is InChI=1S/C11H12N4S2.ClH/c1-6-7(2)17-10-8(6)9(13-5-14-10)15-11-12-3-4-16-11;/h5H,3-4H2,1-2H3,(H,12,13,14,15);1H. The number of amidine groups is 1. The van der Waals surface area contributed by atoms with Gasteiger partial charge in [0.05, 0.1) is 11.9 Å². The molecule has 0 atom stereocenters. The van der Waals surface area contributed by atoms with Crippen molar-refractivity contribution in [3.8, 4) is 0 Å². The van der Waals surface area contributed by atoms with Gasteiger partial charge in [-0.2, -0.15) is 0 Å². The lowest BCUT2D eigenvalue weighted by atomic mass is 10.2. The Kier molecular flexibility index (Phi) is 4.09. The maximum atomic E-state index is 4.39. The van der Waals surface area contributed by atoms with E-state index >= 15 is 0 Å². The molecular formula is C11H13ClN4S2. The second-order valence-corrected chi connectivity index (χ2v) is 6.13. The van der Waals surface area contributed by atoms with Gasteiger partial charge in [0.2, 0.25) is 0 Å². The van der Waals surface area contributed by atoms with Crippen LogP contribution in [0.3, 0.4) is 0 Å². The number of hydrogen-bond donors (Lipinski definition) is 1. The van der Waals surface area contributed by atoms with E-state index in [2.05, 4.69) is 34.1 Å². The van der Waals surface area contributed by atoms with Gasteiger partial charge in [0, 0.05) is 10.6 Å². The SMILES string of the molecule is Cc1sc2ncnc(NC3=NCCS3)c2c1C.Cl. The fraction of sp³-hybridized carbons (Fsp3) is 0.364. The zero-order chi connectivity index (χ0) is 11.8. The summed E-state index contributed by atoms with van der Waals surface area (Å²) >= 11 is 3.45. The van der Waals surface area contributed by atoms with Crippen molar-refractivity contribution in [3.05, 3.63) is 16.8 Å². The number of aryl methyl sites for hydroxylation is 2. The number of halogens is 1. The van der Waals surface area contributed by atoms with E-state index in [4.69, 9.17) is 0 Å². The largest absolute Gasteiger partial charge is 0.319 e. The van der Waals surface area contributed by atoms with Crippen LogP contribution in [0.25, 0.3) is 10.2 Å².